The van der Waals surface area contributed by atoms with E-state index in [-0.39, 0.29) is 6.04 Å². The predicted molar refractivity (Wildman–Crippen MR) is 82.3 cm³/mol. The van der Waals surface area contributed by atoms with Crippen LogP contribution in [0.4, 0.5) is 0 Å². The molecule has 22 heavy (non-hydrogen) atoms. The van der Waals surface area contributed by atoms with Gasteiger partial charge in [0.15, 0.2) is 11.6 Å². The number of halogens is 1. The van der Waals surface area contributed by atoms with Gasteiger partial charge in [0.1, 0.15) is 17.6 Å². The summed E-state index contributed by atoms with van der Waals surface area (Å²) in [6.45, 7) is 2.22. The summed E-state index contributed by atoms with van der Waals surface area (Å²) in [6, 6.07) is 0.214. The van der Waals surface area contributed by atoms with E-state index in [1.54, 1.807) is 13.3 Å². The third-order valence-corrected chi connectivity index (χ3v) is 4.47. The number of aromatic amines is 1. The van der Waals surface area contributed by atoms with E-state index in [1.165, 1.54) is 12.8 Å². The fourth-order valence-corrected chi connectivity index (χ4v) is 3.03. The van der Waals surface area contributed by atoms with Crippen molar-refractivity contribution in [1.82, 2.24) is 29.6 Å². The normalized spacial score (nSPS) is 19.7. The van der Waals surface area contributed by atoms with Crippen molar-refractivity contribution in [3.8, 4) is 0 Å². The molecule has 0 aromatic carbocycles. The van der Waals surface area contributed by atoms with Gasteiger partial charge in [-0.1, -0.05) is 18.0 Å². The lowest BCUT2D eigenvalue weighted by atomic mass is 10.0. The summed E-state index contributed by atoms with van der Waals surface area (Å²) in [7, 11) is 3.59. The highest BCUT2D eigenvalue weighted by atomic mass is 35.5. The van der Waals surface area contributed by atoms with E-state index in [2.05, 4.69) is 25.1 Å². The smallest absolute Gasteiger partial charge is 0.167 e. The second-order valence-corrected chi connectivity index (χ2v) is 6.00. The average molecular weight is 325 g/mol. The van der Waals surface area contributed by atoms with E-state index in [0.717, 1.165) is 37.0 Å². The van der Waals surface area contributed by atoms with Gasteiger partial charge in [-0.15, -0.1) is 0 Å². The maximum Gasteiger partial charge on any atom is 0.167 e. The highest BCUT2D eigenvalue weighted by Crippen LogP contribution is 2.30. The van der Waals surface area contributed by atoms with Crippen molar-refractivity contribution >= 4 is 11.6 Å². The molecular weight excluding hydrogens is 304 g/mol. The fraction of sp³-hybridized carbons (Fsp3) is 0.643. The highest BCUT2D eigenvalue weighted by molar-refractivity contribution is 6.29. The molecule has 8 heteroatoms. The topological polar surface area (TPSA) is 71.9 Å². The molecule has 0 aliphatic carbocycles. The first-order chi connectivity index (χ1) is 10.7. The molecule has 1 aliphatic heterocycles. The minimum absolute atomic E-state index is 0.214. The maximum absolute atomic E-state index is 6.08. The number of hydrogen-bond acceptors (Lipinski definition) is 5. The first-order valence-electron chi connectivity index (χ1n) is 7.49. The lowest BCUT2D eigenvalue weighted by Crippen LogP contribution is -2.34. The maximum atomic E-state index is 6.08. The highest BCUT2D eigenvalue weighted by Gasteiger charge is 2.28. The summed E-state index contributed by atoms with van der Waals surface area (Å²) in [4.78, 5) is 11.3. The molecule has 0 amide bonds. The van der Waals surface area contributed by atoms with Crippen LogP contribution in [-0.4, -0.2) is 43.3 Å². The number of imidazole rings is 1. The van der Waals surface area contributed by atoms with Crippen molar-refractivity contribution in [2.45, 2.75) is 38.5 Å². The molecule has 0 spiro atoms. The van der Waals surface area contributed by atoms with E-state index < -0.39 is 0 Å². The molecule has 2 aromatic heterocycles. The van der Waals surface area contributed by atoms with Gasteiger partial charge in [0.25, 0.3) is 0 Å². The molecule has 3 heterocycles. The fourth-order valence-electron chi connectivity index (χ4n) is 2.89. The van der Waals surface area contributed by atoms with Gasteiger partial charge in [0, 0.05) is 14.2 Å². The number of aromatic nitrogens is 5. The molecule has 0 radical (unpaired) electrons. The number of ether oxygens (including phenoxy) is 1. The Morgan fingerprint density at radius 2 is 2.32 bits per heavy atom. The third kappa shape index (κ3) is 3.16. The summed E-state index contributed by atoms with van der Waals surface area (Å²) in [6.07, 6.45) is 5.13. The standard InChI is InChI=1S/C14H21ClN6O/c1-20-11(15)7-16-13(20)8-21-6-4-3-5-10(21)14-17-12(9-22-2)18-19-14/h7,10H,3-6,8-9H2,1-2H3,(H,17,18,19)/t10-/m1/s1. The zero-order chi connectivity index (χ0) is 15.5. The Morgan fingerprint density at radius 1 is 1.45 bits per heavy atom. The van der Waals surface area contributed by atoms with E-state index in [0.29, 0.717) is 11.8 Å². The minimum Gasteiger partial charge on any atom is -0.377 e. The molecule has 7 nitrogen and oxygen atoms in total. The first kappa shape index (κ1) is 15.5. The Kier molecular flexibility index (Phi) is 4.75. The van der Waals surface area contributed by atoms with Gasteiger partial charge in [-0.2, -0.15) is 5.10 Å². The van der Waals surface area contributed by atoms with Crippen LogP contribution in [0, 0.1) is 0 Å². The van der Waals surface area contributed by atoms with E-state index in [4.69, 9.17) is 16.3 Å². The first-order valence-corrected chi connectivity index (χ1v) is 7.87. The molecule has 0 saturated carbocycles. The molecule has 2 aromatic rings. The van der Waals surface area contributed by atoms with E-state index in [9.17, 15) is 0 Å². The lowest BCUT2D eigenvalue weighted by molar-refractivity contribution is 0.129. The molecule has 1 saturated heterocycles. The zero-order valence-corrected chi connectivity index (χ0v) is 13.7. The van der Waals surface area contributed by atoms with Crippen molar-refractivity contribution in [2.24, 2.45) is 7.05 Å². The van der Waals surface area contributed by atoms with Crippen molar-refractivity contribution < 1.29 is 4.74 Å². The number of hydrogen-bond donors (Lipinski definition) is 1. The molecular formula is C14H21ClN6O. The summed E-state index contributed by atoms with van der Waals surface area (Å²) in [5.74, 6) is 2.57. The van der Waals surface area contributed by atoms with Crippen LogP contribution in [0.2, 0.25) is 5.15 Å². The van der Waals surface area contributed by atoms with Gasteiger partial charge in [-0.3, -0.25) is 10.00 Å². The summed E-state index contributed by atoms with van der Waals surface area (Å²) in [5, 5.41) is 7.97. The SMILES string of the molecule is COCc1nc([C@H]2CCCCN2Cc2ncc(Cl)n2C)n[nH]1. The van der Waals surface area contributed by atoms with Gasteiger partial charge >= 0.3 is 0 Å². The Morgan fingerprint density at radius 3 is 3.05 bits per heavy atom. The van der Waals surface area contributed by atoms with Gasteiger partial charge < -0.3 is 9.30 Å². The second-order valence-electron chi connectivity index (χ2n) is 5.61. The summed E-state index contributed by atoms with van der Waals surface area (Å²) < 4.78 is 7.01. The number of nitrogens with one attached hydrogen (secondary N) is 1. The van der Waals surface area contributed by atoms with Crippen molar-refractivity contribution in [3.05, 3.63) is 28.8 Å². The zero-order valence-electron chi connectivity index (χ0n) is 12.9. The second kappa shape index (κ2) is 6.76. The number of methoxy groups -OCH3 is 1. The van der Waals surface area contributed by atoms with Gasteiger partial charge in [0.05, 0.1) is 18.8 Å². The van der Waals surface area contributed by atoms with Gasteiger partial charge in [-0.25, -0.2) is 9.97 Å². The Hall–Kier alpha value is -1.44. The number of likely N-dealkylation sites (tertiary alicyclic amines) is 1. The monoisotopic (exact) mass is 324 g/mol. The molecule has 1 atom stereocenters. The van der Waals surface area contributed by atoms with Gasteiger partial charge in [0.2, 0.25) is 0 Å². The van der Waals surface area contributed by atoms with Crippen LogP contribution in [0.5, 0.6) is 0 Å². The van der Waals surface area contributed by atoms with Crippen LogP contribution < -0.4 is 0 Å². The lowest BCUT2D eigenvalue weighted by Gasteiger charge is -2.33. The quantitative estimate of drug-likeness (QED) is 0.911. The van der Waals surface area contributed by atoms with E-state index in [1.807, 2.05) is 11.6 Å². The van der Waals surface area contributed by atoms with Crippen LogP contribution in [0.25, 0.3) is 0 Å². The molecule has 0 unspecified atom stereocenters. The van der Waals surface area contributed by atoms with Crippen molar-refractivity contribution in [2.75, 3.05) is 13.7 Å². The van der Waals surface area contributed by atoms with Crippen LogP contribution >= 0.6 is 11.6 Å². The summed E-state index contributed by atoms with van der Waals surface area (Å²) >= 11 is 6.08. The summed E-state index contributed by atoms with van der Waals surface area (Å²) in [5.41, 5.74) is 0. The van der Waals surface area contributed by atoms with Gasteiger partial charge in [-0.05, 0) is 19.4 Å². The number of nitrogens with zero attached hydrogens (tertiary/aromatic N) is 5. The minimum atomic E-state index is 0.214. The van der Waals surface area contributed by atoms with Crippen LogP contribution in [0.1, 0.15) is 42.8 Å². The Bertz CT molecular complexity index is 625. The predicted octanol–water partition coefficient (Wildman–Crippen LogP) is 2.07. The molecule has 3 rings (SSSR count). The van der Waals surface area contributed by atoms with Crippen molar-refractivity contribution in [3.63, 3.8) is 0 Å². The van der Waals surface area contributed by atoms with Crippen LogP contribution in [0.15, 0.2) is 6.20 Å². The van der Waals surface area contributed by atoms with E-state index >= 15 is 0 Å². The number of H-pyrrole nitrogens is 1. The van der Waals surface area contributed by atoms with Crippen LogP contribution in [-0.2, 0) is 24.9 Å². The number of piperidine rings is 1. The molecule has 1 N–H and O–H groups in total. The number of rotatable bonds is 5. The van der Waals surface area contributed by atoms with Crippen LogP contribution in [0.3, 0.4) is 0 Å². The Balaban J connectivity index is 1.77. The molecule has 1 aliphatic rings. The molecule has 0 bridgehead atoms. The Labute approximate surface area is 134 Å². The molecule has 120 valence electrons. The van der Waals surface area contributed by atoms with Crippen molar-refractivity contribution in [1.29, 1.82) is 0 Å². The largest absolute Gasteiger partial charge is 0.377 e. The molecule has 1 fully saturated rings. The average Bonchev–Trinajstić information content (AvgIpc) is 3.10. The third-order valence-electron chi connectivity index (χ3n) is 4.11.